The van der Waals surface area contributed by atoms with E-state index in [1.807, 2.05) is 50.2 Å². The van der Waals surface area contributed by atoms with Gasteiger partial charge in [-0.3, -0.25) is 4.79 Å². The van der Waals surface area contributed by atoms with Crippen molar-refractivity contribution in [3.8, 4) is 0 Å². The largest absolute Gasteiger partial charge is 0.465 e. The van der Waals surface area contributed by atoms with Crippen LogP contribution in [0.3, 0.4) is 0 Å². The zero-order chi connectivity index (χ0) is 13.7. The molecule has 1 heterocycles. The molecule has 1 aromatic carbocycles. The van der Waals surface area contributed by atoms with E-state index >= 15 is 0 Å². The summed E-state index contributed by atoms with van der Waals surface area (Å²) >= 11 is 0. The molecule has 0 spiro atoms. The third kappa shape index (κ3) is 3.88. The van der Waals surface area contributed by atoms with E-state index in [1.165, 1.54) is 0 Å². The van der Waals surface area contributed by atoms with Crippen LogP contribution in [0.15, 0.2) is 40.8 Å². The van der Waals surface area contributed by atoms with E-state index in [4.69, 9.17) is 4.42 Å². The van der Waals surface area contributed by atoms with E-state index in [2.05, 4.69) is 10.6 Å². The lowest BCUT2D eigenvalue weighted by molar-refractivity contribution is -0.115. The van der Waals surface area contributed by atoms with Gasteiger partial charge in [0.25, 0.3) is 0 Å². The fourth-order valence-electron chi connectivity index (χ4n) is 1.73. The molecule has 19 heavy (non-hydrogen) atoms. The summed E-state index contributed by atoms with van der Waals surface area (Å²) in [5.41, 5.74) is 1.75. The molecule has 0 aliphatic rings. The molecule has 0 unspecified atom stereocenters. The molecule has 2 N–H and O–H groups in total. The van der Waals surface area contributed by atoms with Gasteiger partial charge in [-0.1, -0.05) is 13.0 Å². The van der Waals surface area contributed by atoms with Gasteiger partial charge in [0.2, 0.25) is 5.91 Å². The molecule has 4 nitrogen and oxygen atoms in total. The lowest BCUT2D eigenvalue weighted by Gasteiger charge is -2.08. The average Bonchev–Trinajstić information content (AvgIpc) is 2.82. The summed E-state index contributed by atoms with van der Waals surface area (Å²) in [7, 11) is 0. The third-order valence-electron chi connectivity index (χ3n) is 2.73. The van der Waals surface area contributed by atoms with Gasteiger partial charge in [-0.25, -0.2) is 0 Å². The third-order valence-corrected chi connectivity index (χ3v) is 2.73. The van der Waals surface area contributed by atoms with Crippen molar-refractivity contribution in [1.29, 1.82) is 0 Å². The summed E-state index contributed by atoms with van der Waals surface area (Å²) in [5.74, 6) is 1.81. The minimum atomic E-state index is 0.0128. The summed E-state index contributed by atoms with van der Waals surface area (Å²) in [4.78, 5) is 11.3. The van der Waals surface area contributed by atoms with Gasteiger partial charge < -0.3 is 15.1 Å². The van der Waals surface area contributed by atoms with Gasteiger partial charge in [0.05, 0.1) is 6.54 Å². The van der Waals surface area contributed by atoms with E-state index in [0.29, 0.717) is 13.0 Å². The van der Waals surface area contributed by atoms with Crippen molar-refractivity contribution in [3.63, 3.8) is 0 Å². The Morgan fingerprint density at radius 3 is 2.68 bits per heavy atom. The molecule has 0 saturated heterocycles. The lowest BCUT2D eigenvalue weighted by atomic mass is 10.2. The highest BCUT2D eigenvalue weighted by Crippen LogP contribution is 2.16. The molecule has 0 aliphatic heterocycles. The lowest BCUT2D eigenvalue weighted by Crippen LogP contribution is -2.09. The Hall–Kier alpha value is -2.23. The van der Waals surface area contributed by atoms with Crippen molar-refractivity contribution >= 4 is 17.3 Å². The highest BCUT2D eigenvalue weighted by Gasteiger charge is 2.01. The number of aryl methyl sites for hydroxylation is 1. The summed E-state index contributed by atoms with van der Waals surface area (Å²) in [6, 6.07) is 11.5. The van der Waals surface area contributed by atoms with Crippen molar-refractivity contribution in [2.75, 3.05) is 10.6 Å². The van der Waals surface area contributed by atoms with Crippen LogP contribution in [0.25, 0.3) is 0 Å². The Labute approximate surface area is 112 Å². The van der Waals surface area contributed by atoms with Gasteiger partial charge in [0.1, 0.15) is 11.5 Å². The Morgan fingerprint density at radius 1 is 1.21 bits per heavy atom. The Kier molecular flexibility index (Phi) is 4.23. The first-order valence-corrected chi connectivity index (χ1v) is 6.36. The fourth-order valence-corrected chi connectivity index (χ4v) is 1.73. The number of rotatable bonds is 5. The predicted octanol–water partition coefficient (Wildman–Crippen LogP) is 3.55. The number of nitrogens with one attached hydrogen (secondary N) is 2. The molecule has 100 valence electrons. The molecule has 0 aliphatic carbocycles. The number of amides is 1. The second-order valence-electron chi connectivity index (χ2n) is 4.35. The minimum Gasteiger partial charge on any atom is -0.465 e. The second kappa shape index (κ2) is 6.09. The number of hydrogen-bond acceptors (Lipinski definition) is 3. The highest BCUT2D eigenvalue weighted by molar-refractivity contribution is 5.90. The van der Waals surface area contributed by atoms with Gasteiger partial charge in [0.15, 0.2) is 0 Å². The van der Waals surface area contributed by atoms with E-state index in [0.717, 1.165) is 22.9 Å². The number of carbonyl (C=O) groups is 1. The molecule has 2 aromatic rings. The Balaban J connectivity index is 1.97. The van der Waals surface area contributed by atoms with E-state index in [9.17, 15) is 4.79 Å². The van der Waals surface area contributed by atoms with E-state index in [1.54, 1.807) is 0 Å². The average molecular weight is 258 g/mol. The molecule has 0 radical (unpaired) electrons. The van der Waals surface area contributed by atoms with Gasteiger partial charge in [-0.05, 0) is 37.3 Å². The first-order valence-electron chi connectivity index (χ1n) is 6.36. The fraction of sp³-hybridized carbons (Fsp3) is 0.267. The summed E-state index contributed by atoms with van der Waals surface area (Å²) in [6.45, 7) is 4.38. The number of anilines is 2. The van der Waals surface area contributed by atoms with Crippen LogP contribution in [0.2, 0.25) is 0 Å². The predicted molar refractivity (Wildman–Crippen MR) is 76.1 cm³/mol. The molecule has 0 fully saturated rings. The van der Waals surface area contributed by atoms with Gasteiger partial charge in [-0.2, -0.15) is 0 Å². The van der Waals surface area contributed by atoms with Crippen LogP contribution in [0.4, 0.5) is 11.4 Å². The molecule has 4 heteroatoms. The summed E-state index contributed by atoms with van der Waals surface area (Å²) in [5, 5.41) is 6.09. The summed E-state index contributed by atoms with van der Waals surface area (Å²) in [6.07, 6.45) is 0.476. The second-order valence-corrected chi connectivity index (χ2v) is 4.35. The van der Waals surface area contributed by atoms with E-state index < -0.39 is 0 Å². The topological polar surface area (TPSA) is 54.3 Å². The van der Waals surface area contributed by atoms with Crippen molar-refractivity contribution in [2.45, 2.75) is 26.8 Å². The first-order chi connectivity index (χ1) is 9.17. The van der Waals surface area contributed by atoms with Crippen LogP contribution in [0, 0.1) is 6.92 Å². The first kappa shape index (κ1) is 13.2. The number of furan rings is 1. The maximum absolute atomic E-state index is 11.3. The molecule has 2 rings (SSSR count). The molecule has 1 amide bonds. The Morgan fingerprint density at radius 2 is 2.00 bits per heavy atom. The zero-order valence-electron chi connectivity index (χ0n) is 11.2. The molecule has 1 aromatic heterocycles. The maximum Gasteiger partial charge on any atom is 0.224 e. The quantitative estimate of drug-likeness (QED) is 0.862. The standard InChI is InChI=1S/C15H18N2O2/c1-3-15(18)17-13-6-4-5-12(9-13)16-10-14-8-7-11(2)19-14/h4-9,16H,3,10H2,1-2H3,(H,17,18). The Bertz CT molecular complexity index is 561. The molecule has 0 bridgehead atoms. The van der Waals surface area contributed by atoms with Crippen molar-refractivity contribution in [2.24, 2.45) is 0 Å². The van der Waals surface area contributed by atoms with E-state index in [-0.39, 0.29) is 5.91 Å². The van der Waals surface area contributed by atoms with Crippen molar-refractivity contribution in [1.82, 2.24) is 0 Å². The highest BCUT2D eigenvalue weighted by atomic mass is 16.3. The SMILES string of the molecule is CCC(=O)Nc1cccc(NCc2ccc(C)o2)c1. The van der Waals surface area contributed by atoms with Gasteiger partial charge in [-0.15, -0.1) is 0 Å². The smallest absolute Gasteiger partial charge is 0.224 e. The van der Waals surface area contributed by atoms with Gasteiger partial charge >= 0.3 is 0 Å². The minimum absolute atomic E-state index is 0.0128. The zero-order valence-corrected chi connectivity index (χ0v) is 11.2. The normalized spacial score (nSPS) is 10.2. The van der Waals surface area contributed by atoms with Crippen LogP contribution >= 0.6 is 0 Å². The molecule has 0 saturated carbocycles. The van der Waals surface area contributed by atoms with Crippen LogP contribution in [0.5, 0.6) is 0 Å². The van der Waals surface area contributed by atoms with Crippen molar-refractivity contribution in [3.05, 3.63) is 47.9 Å². The van der Waals surface area contributed by atoms with Crippen LogP contribution in [-0.2, 0) is 11.3 Å². The number of benzene rings is 1. The van der Waals surface area contributed by atoms with Crippen LogP contribution in [-0.4, -0.2) is 5.91 Å². The van der Waals surface area contributed by atoms with Gasteiger partial charge in [0, 0.05) is 17.8 Å². The number of carbonyl (C=O) groups excluding carboxylic acids is 1. The molecule has 0 atom stereocenters. The molecular formula is C15H18N2O2. The van der Waals surface area contributed by atoms with Crippen LogP contribution in [0.1, 0.15) is 24.9 Å². The van der Waals surface area contributed by atoms with Crippen LogP contribution < -0.4 is 10.6 Å². The summed E-state index contributed by atoms with van der Waals surface area (Å²) < 4.78 is 5.49. The monoisotopic (exact) mass is 258 g/mol. The maximum atomic E-state index is 11.3. The van der Waals surface area contributed by atoms with Crippen molar-refractivity contribution < 1.29 is 9.21 Å². The number of hydrogen-bond donors (Lipinski definition) is 2. The molecular weight excluding hydrogens is 240 g/mol.